The van der Waals surface area contributed by atoms with E-state index < -0.39 is 0 Å². The molecular formula is C20H12Cl2N2O2. The van der Waals surface area contributed by atoms with E-state index in [0.29, 0.717) is 15.6 Å². The van der Waals surface area contributed by atoms with Gasteiger partial charge in [0, 0.05) is 33.2 Å². The Labute approximate surface area is 159 Å². The molecule has 6 heteroatoms. The van der Waals surface area contributed by atoms with Crippen molar-refractivity contribution < 1.29 is 9.53 Å². The van der Waals surface area contributed by atoms with Crippen LogP contribution in [-0.2, 0) is 9.53 Å². The van der Waals surface area contributed by atoms with Crippen molar-refractivity contribution in [1.29, 1.82) is 0 Å². The third-order valence-corrected chi connectivity index (χ3v) is 5.42. The lowest BCUT2D eigenvalue weighted by Crippen LogP contribution is -2.20. The van der Waals surface area contributed by atoms with E-state index in [0.717, 1.165) is 33.4 Å². The number of fused-ring (bicyclic) bond motifs is 3. The molecule has 1 unspecified atom stereocenters. The molecule has 0 bridgehead atoms. The second kappa shape index (κ2) is 5.73. The average Bonchev–Trinajstić information content (AvgIpc) is 3.01. The number of anilines is 1. The Kier molecular flexibility index (Phi) is 3.45. The highest BCUT2D eigenvalue weighted by atomic mass is 35.5. The molecule has 0 aliphatic carbocycles. The molecule has 3 heterocycles. The number of aromatic nitrogens is 1. The lowest BCUT2D eigenvalue weighted by atomic mass is 9.79. The summed E-state index contributed by atoms with van der Waals surface area (Å²) in [6.45, 7) is 0.237. The third-order valence-electron chi connectivity index (χ3n) is 4.86. The van der Waals surface area contributed by atoms with Crippen molar-refractivity contribution in [2.75, 3.05) is 11.9 Å². The number of carbonyl (C=O) groups excluding carboxylic acids is 1. The largest absolute Gasteiger partial charge is 0.456 e. The predicted molar refractivity (Wildman–Crippen MR) is 102 cm³/mol. The number of hydrogen-bond acceptors (Lipinski definition) is 4. The highest BCUT2D eigenvalue weighted by molar-refractivity contribution is 6.35. The molecule has 26 heavy (non-hydrogen) atoms. The van der Waals surface area contributed by atoms with Crippen LogP contribution in [0.1, 0.15) is 17.0 Å². The fourth-order valence-corrected chi connectivity index (χ4v) is 4.28. The van der Waals surface area contributed by atoms with Crippen LogP contribution in [0.15, 0.2) is 59.9 Å². The summed E-state index contributed by atoms with van der Waals surface area (Å²) in [5.41, 5.74) is 4.95. The normalized spacial score (nSPS) is 18.4. The number of pyridine rings is 1. The first-order chi connectivity index (χ1) is 12.6. The maximum atomic E-state index is 12.5. The van der Waals surface area contributed by atoms with Gasteiger partial charge < -0.3 is 10.1 Å². The molecule has 2 aromatic carbocycles. The number of halogens is 2. The summed E-state index contributed by atoms with van der Waals surface area (Å²) < 4.78 is 5.30. The van der Waals surface area contributed by atoms with E-state index in [2.05, 4.69) is 10.3 Å². The molecule has 2 aliphatic rings. The molecule has 1 N–H and O–H groups in total. The van der Waals surface area contributed by atoms with Crippen molar-refractivity contribution in [3.8, 4) is 0 Å². The van der Waals surface area contributed by atoms with Crippen LogP contribution < -0.4 is 5.32 Å². The van der Waals surface area contributed by atoms with Crippen LogP contribution in [0.5, 0.6) is 0 Å². The zero-order valence-corrected chi connectivity index (χ0v) is 14.9. The van der Waals surface area contributed by atoms with Gasteiger partial charge in [-0.15, -0.1) is 0 Å². The highest BCUT2D eigenvalue weighted by Gasteiger charge is 2.40. The van der Waals surface area contributed by atoms with Crippen LogP contribution in [0.25, 0.3) is 10.9 Å². The summed E-state index contributed by atoms with van der Waals surface area (Å²) in [6.07, 6.45) is 1.75. The van der Waals surface area contributed by atoms with Crippen LogP contribution in [0.2, 0.25) is 10.0 Å². The summed E-state index contributed by atoms with van der Waals surface area (Å²) in [5.74, 6) is -0.663. The minimum Gasteiger partial charge on any atom is -0.456 e. The van der Waals surface area contributed by atoms with Crippen molar-refractivity contribution in [2.45, 2.75) is 5.92 Å². The highest BCUT2D eigenvalue weighted by Crippen LogP contribution is 2.48. The molecule has 4 nitrogen and oxygen atoms in total. The van der Waals surface area contributed by atoms with Gasteiger partial charge in [0.1, 0.15) is 6.61 Å². The Balaban J connectivity index is 1.86. The van der Waals surface area contributed by atoms with E-state index in [1.165, 1.54) is 0 Å². The van der Waals surface area contributed by atoms with Crippen LogP contribution in [0.3, 0.4) is 0 Å². The lowest BCUT2D eigenvalue weighted by molar-refractivity contribution is -0.136. The van der Waals surface area contributed by atoms with E-state index in [9.17, 15) is 4.79 Å². The number of ether oxygens (including phenoxy) is 1. The number of nitrogens with one attached hydrogen (secondary N) is 1. The molecule has 0 saturated heterocycles. The number of hydrogen-bond donors (Lipinski definition) is 1. The van der Waals surface area contributed by atoms with Gasteiger partial charge in [0.15, 0.2) is 0 Å². The van der Waals surface area contributed by atoms with Crippen LogP contribution in [0.4, 0.5) is 5.69 Å². The van der Waals surface area contributed by atoms with Crippen LogP contribution >= 0.6 is 23.2 Å². The predicted octanol–water partition coefficient (Wildman–Crippen LogP) is 4.91. The van der Waals surface area contributed by atoms with Crippen molar-refractivity contribution in [1.82, 2.24) is 4.98 Å². The first-order valence-electron chi connectivity index (χ1n) is 8.13. The summed E-state index contributed by atoms with van der Waals surface area (Å²) in [5, 5.41) is 5.39. The van der Waals surface area contributed by atoms with Crippen molar-refractivity contribution >= 4 is 45.8 Å². The fourth-order valence-electron chi connectivity index (χ4n) is 3.76. The maximum Gasteiger partial charge on any atom is 0.337 e. The number of cyclic esters (lactones) is 1. The van der Waals surface area contributed by atoms with E-state index in [4.69, 9.17) is 27.9 Å². The van der Waals surface area contributed by atoms with Crippen molar-refractivity contribution in [3.05, 3.63) is 81.1 Å². The smallest absolute Gasteiger partial charge is 0.337 e. The van der Waals surface area contributed by atoms with Gasteiger partial charge >= 0.3 is 5.97 Å². The topological polar surface area (TPSA) is 51.2 Å². The SMILES string of the molecule is O=C1OCC2=C1C(c1ccc(Cl)cc1Cl)c1c(ccc3ncccc13)N2. The summed E-state index contributed by atoms with van der Waals surface area (Å²) in [6, 6.07) is 13.2. The van der Waals surface area contributed by atoms with Gasteiger partial charge in [-0.2, -0.15) is 0 Å². The average molecular weight is 383 g/mol. The number of benzene rings is 2. The van der Waals surface area contributed by atoms with E-state index in [-0.39, 0.29) is 18.5 Å². The standard InChI is InChI=1S/C20H12Cl2N2O2/c21-10-3-4-11(13(22)8-10)18-17-12-2-1-7-23-14(12)5-6-15(17)24-16-9-26-20(25)19(16)18/h1-8,18,24H,9H2. The van der Waals surface area contributed by atoms with Gasteiger partial charge in [0.05, 0.1) is 16.8 Å². The Bertz CT molecular complexity index is 1120. The number of nitrogens with zero attached hydrogens (tertiary/aromatic N) is 1. The summed E-state index contributed by atoms with van der Waals surface area (Å²) >= 11 is 12.6. The zero-order valence-electron chi connectivity index (χ0n) is 13.4. The molecule has 0 radical (unpaired) electrons. The molecule has 0 amide bonds. The van der Waals surface area contributed by atoms with Gasteiger partial charge in [-0.1, -0.05) is 35.3 Å². The third kappa shape index (κ3) is 2.23. The van der Waals surface area contributed by atoms with E-state index in [1.807, 2.05) is 30.3 Å². The molecule has 0 fully saturated rings. The van der Waals surface area contributed by atoms with Gasteiger partial charge in [0.2, 0.25) is 0 Å². The van der Waals surface area contributed by atoms with Gasteiger partial charge in [-0.25, -0.2) is 4.79 Å². The van der Waals surface area contributed by atoms with Crippen LogP contribution in [0, 0.1) is 0 Å². The molecule has 5 rings (SSSR count). The maximum absolute atomic E-state index is 12.5. The number of rotatable bonds is 1. The van der Waals surface area contributed by atoms with Gasteiger partial charge in [-0.05, 0) is 41.5 Å². The van der Waals surface area contributed by atoms with Crippen molar-refractivity contribution in [2.24, 2.45) is 0 Å². The number of carbonyl (C=O) groups is 1. The molecule has 128 valence electrons. The first-order valence-corrected chi connectivity index (χ1v) is 8.89. The Morgan fingerprint density at radius 2 is 2.04 bits per heavy atom. The Hall–Kier alpha value is -2.56. The molecule has 2 aliphatic heterocycles. The minimum atomic E-state index is -0.339. The number of esters is 1. The van der Waals surface area contributed by atoms with Gasteiger partial charge in [0.25, 0.3) is 0 Å². The van der Waals surface area contributed by atoms with Gasteiger partial charge in [-0.3, -0.25) is 4.98 Å². The molecular weight excluding hydrogens is 371 g/mol. The Morgan fingerprint density at radius 3 is 2.88 bits per heavy atom. The molecule has 1 atom stereocenters. The second-order valence-corrected chi connectivity index (χ2v) is 7.13. The second-order valence-electron chi connectivity index (χ2n) is 6.29. The molecule has 0 spiro atoms. The fraction of sp³-hybridized carbons (Fsp3) is 0.100. The zero-order chi connectivity index (χ0) is 17.8. The first kappa shape index (κ1) is 15.7. The van der Waals surface area contributed by atoms with E-state index in [1.54, 1.807) is 18.3 Å². The minimum absolute atomic E-state index is 0.237. The summed E-state index contributed by atoms with van der Waals surface area (Å²) in [4.78, 5) is 17.0. The molecule has 3 aromatic rings. The monoisotopic (exact) mass is 382 g/mol. The van der Waals surface area contributed by atoms with E-state index >= 15 is 0 Å². The van der Waals surface area contributed by atoms with Crippen molar-refractivity contribution in [3.63, 3.8) is 0 Å². The Morgan fingerprint density at radius 1 is 1.15 bits per heavy atom. The molecule has 1 aromatic heterocycles. The lowest BCUT2D eigenvalue weighted by Gasteiger charge is -2.29. The molecule has 0 saturated carbocycles. The van der Waals surface area contributed by atoms with Crippen LogP contribution in [-0.4, -0.2) is 17.6 Å². The quantitative estimate of drug-likeness (QED) is 0.607. The summed E-state index contributed by atoms with van der Waals surface area (Å²) in [7, 11) is 0.